The summed E-state index contributed by atoms with van der Waals surface area (Å²) in [7, 11) is 0. The van der Waals surface area contributed by atoms with E-state index in [-0.39, 0.29) is 0 Å². The van der Waals surface area contributed by atoms with E-state index in [9.17, 15) is 0 Å². The summed E-state index contributed by atoms with van der Waals surface area (Å²) in [6.45, 7) is 0. The summed E-state index contributed by atoms with van der Waals surface area (Å²) < 4.78 is 16.0. The molecule has 1 aliphatic heterocycles. The van der Waals surface area contributed by atoms with Crippen LogP contribution in [0.5, 0.6) is 11.5 Å². The van der Waals surface area contributed by atoms with E-state index >= 15 is 0 Å². The highest BCUT2D eigenvalue weighted by atomic mass is 32.1. The van der Waals surface area contributed by atoms with Gasteiger partial charge in [0, 0.05) is 14.8 Å². The Morgan fingerprint density at radius 1 is 0.677 bits per heavy atom. The number of benzene rings is 3. The van der Waals surface area contributed by atoms with E-state index in [4.69, 9.17) is 14.5 Å². The molecule has 1 aliphatic rings. The first kappa shape index (κ1) is 17.3. The average Bonchev–Trinajstić information content (AvgIpc) is 3.51. The number of hydrogen-bond acceptors (Lipinski definition) is 5. The second-order valence-electron chi connectivity index (χ2n) is 7.53. The Hall–Kier alpha value is -3.41. The van der Waals surface area contributed by atoms with Crippen LogP contribution in [-0.2, 0) is 0 Å². The fraction of sp³-hybridized carbons (Fsp3) is 0.0385. The van der Waals surface area contributed by atoms with Crippen molar-refractivity contribution < 1.29 is 9.47 Å². The fourth-order valence-electron chi connectivity index (χ4n) is 4.15. The second-order valence-corrected chi connectivity index (χ2v) is 9.70. The maximum atomic E-state index is 6.20. The molecule has 0 aliphatic carbocycles. The summed E-state index contributed by atoms with van der Waals surface area (Å²) in [6.07, 6.45) is -0.514. The highest BCUT2D eigenvalue weighted by Crippen LogP contribution is 2.46. The molecule has 31 heavy (non-hydrogen) atoms. The zero-order valence-electron chi connectivity index (χ0n) is 16.2. The first-order valence-electron chi connectivity index (χ1n) is 10.1. The van der Waals surface area contributed by atoms with Crippen molar-refractivity contribution in [1.29, 1.82) is 0 Å². The Balaban J connectivity index is 1.49. The molecule has 0 saturated heterocycles. The third kappa shape index (κ3) is 2.67. The van der Waals surface area contributed by atoms with Crippen LogP contribution in [0.25, 0.3) is 41.0 Å². The molecular formula is C26H15NO2S2. The number of pyridine rings is 1. The predicted molar refractivity (Wildman–Crippen MR) is 128 cm³/mol. The van der Waals surface area contributed by atoms with Gasteiger partial charge in [-0.05, 0) is 41.8 Å². The Labute approximate surface area is 186 Å². The second kappa shape index (κ2) is 6.54. The summed E-state index contributed by atoms with van der Waals surface area (Å²) in [4.78, 5) is 6.32. The molecule has 3 aromatic heterocycles. The molecule has 0 N–H and O–H groups in total. The van der Waals surface area contributed by atoms with Gasteiger partial charge in [0.15, 0.2) is 11.5 Å². The minimum Gasteiger partial charge on any atom is -0.447 e. The topological polar surface area (TPSA) is 31.4 Å². The Kier molecular flexibility index (Phi) is 3.65. The number of hydrogen-bond donors (Lipinski definition) is 0. The van der Waals surface area contributed by atoms with Crippen molar-refractivity contribution in [3.05, 3.63) is 90.5 Å². The van der Waals surface area contributed by atoms with E-state index in [1.165, 1.54) is 20.2 Å². The average molecular weight is 438 g/mol. The van der Waals surface area contributed by atoms with Gasteiger partial charge in [-0.1, -0.05) is 48.5 Å². The van der Waals surface area contributed by atoms with Crippen LogP contribution in [0.1, 0.15) is 11.9 Å². The van der Waals surface area contributed by atoms with E-state index in [1.54, 1.807) is 22.7 Å². The van der Waals surface area contributed by atoms with E-state index < -0.39 is 6.29 Å². The zero-order valence-corrected chi connectivity index (χ0v) is 17.9. The van der Waals surface area contributed by atoms with Crippen molar-refractivity contribution in [2.75, 3.05) is 0 Å². The highest BCUT2D eigenvalue weighted by molar-refractivity contribution is 7.25. The lowest BCUT2D eigenvalue weighted by Crippen LogP contribution is -2.10. The van der Waals surface area contributed by atoms with Crippen molar-refractivity contribution in [2.24, 2.45) is 0 Å². The zero-order chi connectivity index (χ0) is 20.4. The van der Waals surface area contributed by atoms with Crippen LogP contribution in [0.4, 0.5) is 0 Å². The van der Waals surface area contributed by atoms with Gasteiger partial charge in [0.25, 0.3) is 6.29 Å². The molecule has 3 aromatic carbocycles. The molecule has 0 radical (unpaired) electrons. The molecule has 7 rings (SSSR count). The Morgan fingerprint density at radius 3 is 2.19 bits per heavy atom. The van der Waals surface area contributed by atoms with E-state index in [0.29, 0.717) is 0 Å². The fourth-order valence-corrected chi connectivity index (χ4v) is 6.32. The first-order chi connectivity index (χ1) is 15.3. The smallest absolute Gasteiger partial charge is 0.270 e. The van der Waals surface area contributed by atoms with Crippen LogP contribution in [0.2, 0.25) is 0 Å². The van der Waals surface area contributed by atoms with Gasteiger partial charge >= 0.3 is 0 Å². The maximum absolute atomic E-state index is 6.20. The quantitative estimate of drug-likeness (QED) is 0.277. The van der Waals surface area contributed by atoms with Crippen LogP contribution in [0.15, 0.2) is 84.9 Å². The molecule has 148 valence electrons. The SMILES string of the molecule is c1ccc2c(c1)OC(c1cc3sc4ccccc4c3nc1-c1cc3ccccc3s1)O2. The lowest BCUT2D eigenvalue weighted by atomic mass is 10.1. The van der Waals surface area contributed by atoms with Gasteiger partial charge in [0.05, 0.1) is 26.4 Å². The molecule has 0 atom stereocenters. The molecule has 4 heterocycles. The number of aromatic nitrogens is 1. The molecule has 5 heteroatoms. The summed E-state index contributed by atoms with van der Waals surface area (Å²) in [5, 5.41) is 2.41. The Morgan fingerprint density at radius 2 is 1.39 bits per heavy atom. The normalized spacial score (nSPS) is 13.5. The maximum Gasteiger partial charge on any atom is 0.270 e. The van der Waals surface area contributed by atoms with E-state index in [0.717, 1.165) is 37.9 Å². The number of para-hydroxylation sites is 2. The van der Waals surface area contributed by atoms with Gasteiger partial charge in [-0.3, -0.25) is 0 Å². The monoisotopic (exact) mass is 437 g/mol. The van der Waals surface area contributed by atoms with Crippen LogP contribution < -0.4 is 9.47 Å². The van der Waals surface area contributed by atoms with Crippen molar-refractivity contribution >= 4 is 53.1 Å². The molecular weight excluding hydrogens is 422 g/mol. The molecule has 0 bridgehead atoms. The molecule has 3 nitrogen and oxygen atoms in total. The van der Waals surface area contributed by atoms with Crippen molar-refractivity contribution in [3.63, 3.8) is 0 Å². The standard InChI is InChI=1S/C26H15NO2S2/c1-5-11-20-15(7-1)13-22(30-20)25-17(26-28-18-9-3-4-10-19(18)29-26)14-23-24(27-25)16-8-2-6-12-21(16)31-23/h1-14,26H. The van der Waals surface area contributed by atoms with Gasteiger partial charge in [0.1, 0.15) is 0 Å². The number of rotatable bonds is 2. The van der Waals surface area contributed by atoms with Crippen LogP contribution in [0, 0.1) is 0 Å². The number of thiophene rings is 2. The van der Waals surface area contributed by atoms with Crippen molar-refractivity contribution in [3.8, 4) is 22.1 Å². The van der Waals surface area contributed by atoms with E-state index in [2.05, 4.69) is 60.7 Å². The lowest BCUT2D eigenvalue weighted by molar-refractivity contribution is 0.0491. The van der Waals surface area contributed by atoms with Gasteiger partial charge < -0.3 is 9.47 Å². The molecule has 0 saturated carbocycles. The van der Waals surface area contributed by atoms with Crippen LogP contribution in [-0.4, -0.2) is 4.98 Å². The molecule has 0 spiro atoms. The third-order valence-electron chi connectivity index (χ3n) is 5.61. The van der Waals surface area contributed by atoms with E-state index in [1.807, 2.05) is 24.3 Å². The number of nitrogens with zero attached hydrogens (tertiary/aromatic N) is 1. The van der Waals surface area contributed by atoms with Crippen LogP contribution in [0.3, 0.4) is 0 Å². The lowest BCUT2D eigenvalue weighted by Gasteiger charge is -2.14. The van der Waals surface area contributed by atoms with Gasteiger partial charge in [0.2, 0.25) is 0 Å². The van der Waals surface area contributed by atoms with Gasteiger partial charge in [-0.25, -0.2) is 4.98 Å². The highest BCUT2D eigenvalue weighted by Gasteiger charge is 2.30. The summed E-state index contributed by atoms with van der Waals surface area (Å²) >= 11 is 3.51. The molecule has 6 aromatic rings. The summed E-state index contributed by atoms with van der Waals surface area (Å²) in [6, 6.07) is 29.1. The van der Waals surface area contributed by atoms with Crippen molar-refractivity contribution in [1.82, 2.24) is 4.98 Å². The predicted octanol–water partition coefficient (Wildman–Crippen LogP) is 7.80. The third-order valence-corrected chi connectivity index (χ3v) is 7.84. The van der Waals surface area contributed by atoms with Crippen LogP contribution >= 0.6 is 22.7 Å². The molecule has 0 amide bonds. The largest absolute Gasteiger partial charge is 0.447 e. The minimum atomic E-state index is -0.514. The minimum absolute atomic E-state index is 0.514. The summed E-state index contributed by atoms with van der Waals surface area (Å²) in [5.74, 6) is 1.54. The molecule has 0 unspecified atom stereocenters. The molecule has 0 fully saturated rings. The van der Waals surface area contributed by atoms with Crippen molar-refractivity contribution in [2.45, 2.75) is 6.29 Å². The number of fused-ring (bicyclic) bond motifs is 5. The summed E-state index contributed by atoms with van der Waals surface area (Å²) in [5.41, 5.74) is 2.92. The van der Waals surface area contributed by atoms with Gasteiger partial charge in [-0.2, -0.15) is 0 Å². The van der Waals surface area contributed by atoms with Gasteiger partial charge in [-0.15, -0.1) is 22.7 Å². The Bertz CT molecular complexity index is 1560. The first-order valence-corrected chi connectivity index (χ1v) is 11.7. The number of ether oxygens (including phenoxy) is 2.